The summed E-state index contributed by atoms with van der Waals surface area (Å²) in [5, 5.41) is 0. The van der Waals surface area contributed by atoms with Crippen molar-refractivity contribution in [3.8, 4) is 0 Å². The largest absolute Gasteiger partial charge is 0.384 e. The molecule has 0 unspecified atom stereocenters. The van der Waals surface area contributed by atoms with Crippen LogP contribution >= 0.6 is 0 Å². The van der Waals surface area contributed by atoms with Crippen molar-refractivity contribution in [2.75, 3.05) is 33.4 Å². The van der Waals surface area contributed by atoms with Crippen LogP contribution in [0.1, 0.15) is 51.4 Å². The van der Waals surface area contributed by atoms with Crippen molar-refractivity contribution in [2.24, 2.45) is 5.41 Å². The average molecular weight is 307 g/mol. The monoisotopic (exact) mass is 307 g/mol. The van der Waals surface area contributed by atoms with E-state index >= 15 is 0 Å². The number of hydrogen-bond donors (Lipinski definition) is 0. The fourth-order valence-electron chi connectivity index (χ4n) is 4.37. The van der Waals surface area contributed by atoms with Crippen molar-refractivity contribution in [3.63, 3.8) is 0 Å². The number of rotatable bonds is 4. The molecule has 124 valence electrons. The SMILES string of the molecule is COC[C@]12CCCO[C@@H]1CCN(C(=O)CC1=CCCCC1)C2. The zero-order valence-electron chi connectivity index (χ0n) is 13.8. The summed E-state index contributed by atoms with van der Waals surface area (Å²) in [4.78, 5) is 14.8. The molecule has 1 aliphatic carbocycles. The van der Waals surface area contributed by atoms with Crippen LogP contribution in [-0.2, 0) is 14.3 Å². The standard InChI is InChI=1S/C18H29NO3/c1-21-14-18-9-5-11-22-16(18)8-10-19(13-18)17(20)12-15-6-3-2-4-7-15/h6,16H,2-5,7-14H2,1H3/t16-,18-/m1/s1. The fraction of sp³-hybridized carbons (Fsp3) is 0.833. The van der Waals surface area contributed by atoms with E-state index in [0.717, 1.165) is 51.8 Å². The van der Waals surface area contributed by atoms with Crippen molar-refractivity contribution in [1.29, 1.82) is 0 Å². The summed E-state index contributed by atoms with van der Waals surface area (Å²) < 4.78 is 11.5. The van der Waals surface area contributed by atoms with Crippen molar-refractivity contribution in [1.82, 2.24) is 4.90 Å². The number of ether oxygens (including phenoxy) is 2. The Morgan fingerprint density at radius 2 is 2.36 bits per heavy atom. The third-order valence-electron chi connectivity index (χ3n) is 5.54. The van der Waals surface area contributed by atoms with E-state index in [1.54, 1.807) is 7.11 Å². The van der Waals surface area contributed by atoms with Crippen LogP contribution in [0.3, 0.4) is 0 Å². The van der Waals surface area contributed by atoms with Crippen molar-refractivity contribution in [3.05, 3.63) is 11.6 Å². The van der Waals surface area contributed by atoms with Crippen molar-refractivity contribution >= 4 is 5.91 Å². The molecule has 0 aromatic rings. The van der Waals surface area contributed by atoms with Crippen molar-refractivity contribution in [2.45, 2.75) is 57.5 Å². The molecule has 0 aromatic heterocycles. The number of hydrogen-bond acceptors (Lipinski definition) is 3. The third kappa shape index (κ3) is 3.38. The summed E-state index contributed by atoms with van der Waals surface area (Å²) >= 11 is 0. The Morgan fingerprint density at radius 1 is 1.45 bits per heavy atom. The minimum Gasteiger partial charge on any atom is -0.384 e. The molecule has 0 spiro atoms. The van der Waals surface area contributed by atoms with Gasteiger partial charge in [-0.25, -0.2) is 0 Å². The number of carbonyl (C=O) groups excluding carboxylic acids is 1. The molecule has 4 heteroatoms. The fourth-order valence-corrected chi connectivity index (χ4v) is 4.37. The second-order valence-corrected chi connectivity index (χ2v) is 7.15. The van der Waals surface area contributed by atoms with Crippen LogP contribution in [0.2, 0.25) is 0 Å². The van der Waals surface area contributed by atoms with Crippen LogP contribution in [-0.4, -0.2) is 50.3 Å². The van der Waals surface area contributed by atoms with Gasteiger partial charge in [0.15, 0.2) is 0 Å². The second kappa shape index (κ2) is 7.14. The zero-order valence-corrected chi connectivity index (χ0v) is 13.8. The summed E-state index contributed by atoms with van der Waals surface area (Å²) in [6, 6.07) is 0. The lowest BCUT2D eigenvalue weighted by atomic mass is 9.73. The topological polar surface area (TPSA) is 38.8 Å². The first-order valence-electron chi connectivity index (χ1n) is 8.80. The zero-order chi connectivity index (χ0) is 15.4. The highest BCUT2D eigenvalue weighted by atomic mass is 16.5. The lowest BCUT2D eigenvalue weighted by Crippen LogP contribution is -2.58. The van der Waals surface area contributed by atoms with Gasteiger partial charge in [0.25, 0.3) is 0 Å². The maximum absolute atomic E-state index is 12.7. The lowest BCUT2D eigenvalue weighted by molar-refractivity contribution is -0.161. The van der Waals surface area contributed by atoms with E-state index in [9.17, 15) is 4.79 Å². The molecule has 0 radical (unpaired) electrons. The second-order valence-electron chi connectivity index (χ2n) is 7.15. The number of carbonyl (C=O) groups is 1. The van der Waals surface area contributed by atoms with Gasteiger partial charge in [-0.2, -0.15) is 0 Å². The van der Waals surface area contributed by atoms with Gasteiger partial charge in [-0.05, 0) is 44.9 Å². The smallest absolute Gasteiger partial charge is 0.226 e. The molecule has 0 aromatic carbocycles. The van der Waals surface area contributed by atoms with Crippen LogP contribution in [0.15, 0.2) is 11.6 Å². The summed E-state index contributed by atoms with van der Waals surface area (Å²) in [5.74, 6) is 0.299. The molecule has 1 amide bonds. The number of fused-ring (bicyclic) bond motifs is 1. The van der Waals surface area contributed by atoms with E-state index in [1.165, 1.54) is 18.4 Å². The summed E-state index contributed by atoms with van der Waals surface area (Å²) in [6.07, 6.45) is 11.1. The molecule has 2 aliphatic heterocycles. The first-order chi connectivity index (χ1) is 10.7. The highest BCUT2D eigenvalue weighted by Gasteiger charge is 2.46. The molecule has 2 heterocycles. The van der Waals surface area contributed by atoms with E-state index in [1.807, 2.05) is 0 Å². The van der Waals surface area contributed by atoms with Gasteiger partial charge in [0.2, 0.25) is 5.91 Å². The lowest BCUT2D eigenvalue weighted by Gasteiger charge is -2.50. The predicted molar refractivity (Wildman–Crippen MR) is 85.6 cm³/mol. The minimum atomic E-state index is 0.0157. The number of piperidine rings is 1. The Morgan fingerprint density at radius 3 is 3.14 bits per heavy atom. The van der Waals surface area contributed by atoms with E-state index in [2.05, 4.69) is 11.0 Å². The van der Waals surface area contributed by atoms with E-state index < -0.39 is 0 Å². The van der Waals surface area contributed by atoms with Gasteiger partial charge >= 0.3 is 0 Å². The summed E-state index contributed by atoms with van der Waals surface area (Å²) in [7, 11) is 1.76. The summed E-state index contributed by atoms with van der Waals surface area (Å²) in [6.45, 7) is 3.20. The molecule has 4 nitrogen and oxygen atoms in total. The molecule has 3 rings (SSSR count). The summed E-state index contributed by atoms with van der Waals surface area (Å²) in [5.41, 5.74) is 1.36. The Hall–Kier alpha value is -0.870. The number of allylic oxidation sites excluding steroid dienone is 1. The van der Waals surface area contributed by atoms with Crippen LogP contribution in [0.25, 0.3) is 0 Å². The first-order valence-corrected chi connectivity index (χ1v) is 8.80. The number of likely N-dealkylation sites (tertiary alicyclic amines) is 1. The highest BCUT2D eigenvalue weighted by molar-refractivity contribution is 5.79. The molecule has 2 saturated heterocycles. The van der Waals surface area contributed by atoms with Gasteiger partial charge in [0.05, 0.1) is 12.7 Å². The molecule has 0 N–H and O–H groups in total. The van der Waals surface area contributed by atoms with Gasteiger partial charge in [-0.3, -0.25) is 4.79 Å². The molecule has 2 atom stereocenters. The van der Waals surface area contributed by atoms with Gasteiger partial charge in [-0.15, -0.1) is 0 Å². The van der Waals surface area contributed by atoms with Crippen LogP contribution in [0.5, 0.6) is 0 Å². The van der Waals surface area contributed by atoms with Gasteiger partial charge < -0.3 is 14.4 Å². The van der Waals surface area contributed by atoms with E-state index in [0.29, 0.717) is 18.9 Å². The minimum absolute atomic E-state index is 0.0157. The van der Waals surface area contributed by atoms with Crippen molar-refractivity contribution < 1.29 is 14.3 Å². The van der Waals surface area contributed by atoms with Crippen LogP contribution in [0.4, 0.5) is 0 Å². The first kappa shape index (κ1) is 16.0. The molecule has 3 aliphatic rings. The Labute approximate surface area is 133 Å². The molecule has 2 fully saturated rings. The molecule has 22 heavy (non-hydrogen) atoms. The Kier molecular flexibility index (Phi) is 5.19. The van der Waals surface area contributed by atoms with Gasteiger partial charge in [-0.1, -0.05) is 11.6 Å². The number of amides is 1. The van der Waals surface area contributed by atoms with Gasteiger partial charge in [0.1, 0.15) is 0 Å². The molecular formula is C18H29NO3. The number of nitrogens with zero attached hydrogens (tertiary/aromatic N) is 1. The van der Waals surface area contributed by atoms with E-state index in [4.69, 9.17) is 9.47 Å². The van der Waals surface area contributed by atoms with Crippen LogP contribution < -0.4 is 0 Å². The maximum Gasteiger partial charge on any atom is 0.226 e. The molecule has 0 bridgehead atoms. The highest BCUT2D eigenvalue weighted by Crippen LogP contribution is 2.40. The molecule has 0 saturated carbocycles. The third-order valence-corrected chi connectivity index (χ3v) is 5.54. The normalized spacial score (nSPS) is 32.3. The number of methoxy groups -OCH3 is 1. The Bertz CT molecular complexity index is 430. The molecular weight excluding hydrogens is 278 g/mol. The predicted octanol–water partition coefficient (Wildman–Crippen LogP) is 2.92. The van der Waals surface area contributed by atoms with Gasteiger partial charge in [0, 0.05) is 38.6 Å². The van der Waals surface area contributed by atoms with E-state index in [-0.39, 0.29) is 11.5 Å². The Balaban J connectivity index is 1.64. The quantitative estimate of drug-likeness (QED) is 0.750. The maximum atomic E-state index is 12.7. The average Bonchev–Trinajstić information content (AvgIpc) is 2.55. The van der Waals surface area contributed by atoms with Crippen LogP contribution in [0, 0.1) is 5.41 Å².